The van der Waals surface area contributed by atoms with Gasteiger partial charge in [-0.2, -0.15) is 0 Å². The van der Waals surface area contributed by atoms with Crippen molar-refractivity contribution in [2.24, 2.45) is 0 Å². The number of nitrogens with zero attached hydrogens (tertiary/aromatic N) is 3. The second-order valence-corrected chi connectivity index (χ2v) is 8.49. The van der Waals surface area contributed by atoms with Crippen LogP contribution in [0, 0.1) is 5.82 Å². The number of carbonyl (C=O) groups is 2. The molecule has 1 N–H and O–H groups in total. The molecular formula is C23H25FN4O3. The number of rotatable bonds is 2. The van der Waals surface area contributed by atoms with Crippen LogP contribution in [-0.4, -0.2) is 84.2 Å². The van der Waals surface area contributed by atoms with Crippen LogP contribution in [0.1, 0.15) is 10.4 Å². The molecule has 3 heterocycles. The maximum absolute atomic E-state index is 13.1. The molecule has 31 heavy (non-hydrogen) atoms. The third-order valence-electron chi connectivity index (χ3n) is 6.41. The number of amides is 3. The molecule has 8 heteroatoms. The highest BCUT2D eigenvalue weighted by Gasteiger charge is 2.56. The van der Waals surface area contributed by atoms with E-state index < -0.39 is 0 Å². The van der Waals surface area contributed by atoms with Crippen molar-refractivity contribution in [3.8, 4) is 0 Å². The molecular weight excluding hydrogens is 399 g/mol. The summed E-state index contributed by atoms with van der Waals surface area (Å²) in [5.41, 5.74) is 0.964. The molecule has 162 valence electrons. The first-order chi connectivity index (χ1) is 15.0. The lowest BCUT2D eigenvalue weighted by atomic mass is 9.82. The zero-order valence-electron chi connectivity index (χ0n) is 17.2. The zero-order valence-corrected chi connectivity index (χ0v) is 17.2. The molecule has 2 aromatic carbocycles. The lowest BCUT2D eigenvalue weighted by Crippen LogP contribution is -2.81. The van der Waals surface area contributed by atoms with E-state index in [9.17, 15) is 14.0 Å². The molecule has 3 aliphatic heterocycles. The molecule has 7 nitrogen and oxygen atoms in total. The summed E-state index contributed by atoms with van der Waals surface area (Å²) in [5, 5.41) is 2.82. The van der Waals surface area contributed by atoms with Gasteiger partial charge in [0, 0.05) is 44.0 Å². The lowest BCUT2D eigenvalue weighted by Gasteiger charge is -2.63. The summed E-state index contributed by atoms with van der Waals surface area (Å²) in [5.74, 6) is -0.330. The van der Waals surface area contributed by atoms with Crippen molar-refractivity contribution >= 4 is 17.6 Å². The molecule has 0 aromatic heterocycles. The lowest BCUT2D eigenvalue weighted by molar-refractivity contribution is -0.147. The van der Waals surface area contributed by atoms with Crippen LogP contribution < -0.4 is 5.32 Å². The summed E-state index contributed by atoms with van der Waals surface area (Å²) in [7, 11) is 0. The number of hydrogen-bond acceptors (Lipinski definition) is 4. The number of anilines is 1. The Morgan fingerprint density at radius 2 is 1.71 bits per heavy atom. The van der Waals surface area contributed by atoms with Gasteiger partial charge in [0.25, 0.3) is 5.91 Å². The maximum Gasteiger partial charge on any atom is 0.321 e. The Kier molecular flexibility index (Phi) is 5.11. The zero-order chi connectivity index (χ0) is 21.4. The van der Waals surface area contributed by atoms with Gasteiger partial charge in [-0.3, -0.25) is 9.69 Å². The number of ether oxygens (including phenoxy) is 1. The summed E-state index contributed by atoms with van der Waals surface area (Å²) < 4.78 is 18.8. The van der Waals surface area contributed by atoms with Crippen molar-refractivity contribution in [2.45, 2.75) is 11.6 Å². The molecule has 0 bridgehead atoms. The monoisotopic (exact) mass is 424 g/mol. The summed E-state index contributed by atoms with van der Waals surface area (Å²) in [4.78, 5) is 31.9. The van der Waals surface area contributed by atoms with E-state index in [2.05, 4.69) is 10.2 Å². The second kappa shape index (κ2) is 7.94. The van der Waals surface area contributed by atoms with Crippen LogP contribution in [0.4, 0.5) is 14.9 Å². The Morgan fingerprint density at radius 1 is 1.00 bits per heavy atom. The van der Waals surface area contributed by atoms with Gasteiger partial charge in [-0.1, -0.05) is 18.2 Å². The minimum atomic E-state index is -0.343. The van der Waals surface area contributed by atoms with Crippen molar-refractivity contribution in [3.05, 3.63) is 66.0 Å². The standard InChI is InChI=1S/C23H25FN4O3/c24-18-6-8-19(9-7-18)25-22(30)27-15-23(16-27)14-26(12-20-13-31-11-10-28(20)23)21(29)17-4-2-1-3-5-17/h1-9,20H,10-16H2,(H,25,30). The highest BCUT2D eigenvalue weighted by atomic mass is 19.1. The molecule has 3 amide bonds. The van der Waals surface area contributed by atoms with Crippen molar-refractivity contribution in [1.29, 1.82) is 0 Å². The van der Waals surface area contributed by atoms with Crippen LogP contribution in [0.25, 0.3) is 0 Å². The number of morpholine rings is 1. The van der Waals surface area contributed by atoms with Gasteiger partial charge < -0.3 is 19.9 Å². The summed E-state index contributed by atoms with van der Waals surface area (Å²) in [6.45, 7) is 4.32. The Bertz CT molecular complexity index is 963. The molecule has 5 rings (SSSR count). The van der Waals surface area contributed by atoms with E-state index in [0.717, 1.165) is 6.54 Å². The minimum absolute atomic E-state index is 0.0133. The summed E-state index contributed by atoms with van der Waals surface area (Å²) in [6.07, 6.45) is 0. The Morgan fingerprint density at radius 3 is 2.45 bits per heavy atom. The first-order valence-electron chi connectivity index (χ1n) is 10.5. The van der Waals surface area contributed by atoms with Gasteiger partial charge in [0.1, 0.15) is 5.82 Å². The predicted molar refractivity (Wildman–Crippen MR) is 113 cm³/mol. The van der Waals surface area contributed by atoms with Crippen LogP contribution in [0.3, 0.4) is 0 Å². The first-order valence-corrected chi connectivity index (χ1v) is 10.5. The normalized spacial score (nSPS) is 22.5. The third kappa shape index (κ3) is 3.77. The van der Waals surface area contributed by atoms with E-state index in [4.69, 9.17) is 4.74 Å². The van der Waals surface area contributed by atoms with Crippen LogP contribution >= 0.6 is 0 Å². The largest absolute Gasteiger partial charge is 0.378 e. The number of piperazine rings is 1. The first kappa shape index (κ1) is 20.0. The van der Waals surface area contributed by atoms with E-state index >= 15 is 0 Å². The number of carbonyl (C=O) groups excluding carboxylic acids is 2. The smallest absolute Gasteiger partial charge is 0.321 e. The number of benzene rings is 2. The van der Waals surface area contributed by atoms with E-state index in [1.165, 1.54) is 12.1 Å². The third-order valence-corrected chi connectivity index (χ3v) is 6.41. The maximum atomic E-state index is 13.1. The average Bonchev–Trinajstić information content (AvgIpc) is 2.78. The van der Waals surface area contributed by atoms with Crippen molar-refractivity contribution in [1.82, 2.24) is 14.7 Å². The molecule has 3 aliphatic rings. The molecule has 0 radical (unpaired) electrons. The number of urea groups is 1. The SMILES string of the molecule is O=C(Nc1ccc(F)cc1)N1CC2(C1)CN(C(=O)c1ccccc1)CC1COCCN12. The highest BCUT2D eigenvalue weighted by molar-refractivity contribution is 5.94. The Labute approximate surface area is 180 Å². The Balaban J connectivity index is 1.30. The van der Waals surface area contributed by atoms with E-state index in [0.29, 0.717) is 50.6 Å². The highest BCUT2D eigenvalue weighted by Crippen LogP contribution is 2.36. The van der Waals surface area contributed by atoms with Gasteiger partial charge in [-0.15, -0.1) is 0 Å². The van der Waals surface area contributed by atoms with Gasteiger partial charge in [-0.05, 0) is 36.4 Å². The molecule has 1 unspecified atom stereocenters. The van der Waals surface area contributed by atoms with Gasteiger partial charge >= 0.3 is 6.03 Å². The number of hydrogen-bond donors (Lipinski definition) is 1. The topological polar surface area (TPSA) is 65.1 Å². The van der Waals surface area contributed by atoms with Crippen LogP contribution in [-0.2, 0) is 4.74 Å². The van der Waals surface area contributed by atoms with Crippen molar-refractivity contribution in [2.75, 3.05) is 51.3 Å². The number of likely N-dealkylation sites (tertiary alicyclic amines) is 1. The van der Waals surface area contributed by atoms with E-state index in [1.807, 2.05) is 35.2 Å². The van der Waals surface area contributed by atoms with Crippen LogP contribution in [0.15, 0.2) is 54.6 Å². The number of fused-ring (bicyclic) bond motifs is 2. The molecule has 1 spiro atoms. The van der Waals surface area contributed by atoms with Gasteiger partial charge in [0.2, 0.25) is 0 Å². The summed E-state index contributed by atoms with van der Waals surface area (Å²) >= 11 is 0. The average molecular weight is 424 g/mol. The van der Waals surface area contributed by atoms with Crippen molar-refractivity contribution in [3.63, 3.8) is 0 Å². The Hall–Kier alpha value is -2.97. The van der Waals surface area contributed by atoms with E-state index in [-0.39, 0.29) is 29.3 Å². The quantitative estimate of drug-likeness (QED) is 0.803. The molecule has 0 aliphatic carbocycles. The molecule has 3 fully saturated rings. The fourth-order valence-corrected chi connectivity index (χ4v) is 4.94. The molecule has 0 saturated carbocycles. The van der Waals surface area contributed by atoms with Crippen LogP contribution in [0.5, 0.6) is 0 Å². The number of halogens is 1. The molecule has 2 aromatic rings. The fraction of sp³-hybridized carbons (Fsp3) is 0.391. The van der Waals surface area contributed by atoms with Crippen molar-refractivity contribution < 1.29 is 18.7 Å². The van der Waals surface area contributed by atoms with E-state index in [1.54, 1.807) is 17.0 Å². The molecule has 3 saturated heterocycles. The van der Waals surface area contributed by atoms with Gasteiger partial charge in [0.05, 0.1) is 24.8 Å². The predicted octanol–water partition coefficient (Wildman–Crippen LogP) is 2.27. The van der Waals surface area contributed by atoms with Gasteiger partial charge in [-0.25, -0.2) is 9.18 Å². The second-order valence-electron chi connectivity index (χ2n) is 8.49. The fourth-order valence-electron chi connectivity index (χ4n) is 4.94. The number of nitrogens with one attached hydrogen (secondary N) is 1. The van der Waals surface area contributed by atoms with Crippen LogP contribution in [0.2, 0.25) is 0 Å². The molecule has 1 atom stereocenters. The van der Waals surface area contributed by atoms with Gasteiger partial charge in [0.15, 0.2) is 0 Å². The minimum Gasteiger partial charge on any atom is -0.378 e. The summed E-state index contributed by atoms with van der Waals surface area (Å²) in [6, 6.07) is 14.9.